The molecule has 0 aliphatic heterocycles. The van der Waals surface area contributed by atoms with Crippen LogP contribution in [0.25, 0.3) is 0 Å². The summed E-state index contributed by atoms with van der Waals surface area (Å²) in [5.41, 5.74) is 2.48. The van der Waals surface area contributed by atoms with Gasteiger partial charge in [-0.25, -0.2) is 9.48 Å². The third-order valence-corrected chi connectivity index (χ3v) is 4.23. The van der Waals surface area contributed by atoms with Crippen molar-refractivity contribution in [3.8, 4) is 0 Å². The number of carbonyl (C=O) groups excluding carboxylic acids is 1. The van der Waals surface area contributed by atoms with E-state index in [1.807, 2.05) is 12.1 Å². The topological polar surface area (TPSA) is 83.3 Å². The summed E-state index contributed by atoms with van der Waals surface area (Å²) in [6.07, 6.45) is 3.81. The molecule has 0 fully saturated rings. The number of carbonyl (C=O) groups is 1. The van der Waals surface area contributed by atoms with Crippen LogP contribution < -0.4 is 5.32 Å². The number of anilines is 1. The summed E-state index contributed by atoms with van der Waals surface area (Å²) >= 11 is 0. The van der Waals surface area contributed by atoms with Crippen molar-refractivity contribution in [3.05, 3.63) is 41.7 Å². The summed E-state index contributed by atoms with van der Waals surface area (Å²) in [5, 5.41) is 15.9. The number of hydrogen-bond donors (Lipinski definition) is 2. The van der Waals surface area contributed by atoms with Gasteiger partial charge in [-0.2, -0.15) is 10.1 Å². The second-order valence-electron chi connectivity index (χ2n) is 5.66. The Morgan fingerprint density at radius 1 is 1.48 bits per heavy atom. The van der Waals surface area contributed by atoms with E-state index in [-0.39, 0.29) is 18.7 Å². The SMILES string of the molecule is Cn1ncnc1NC(=O)N(CCCO)C1CCc2ccccc21. The van der Waals surface area contributed by atoms with Crippen LogP contribution in [-0.4, -0.2) is 44.0 Å². The van der Waals surface area contributed by atoms with Gasteiger partial charge >= 0.3 is 6.03 Å². The number of hydrogen-bond acceptors (Lipinski definition) is 4. The Bertz CT molecular complexity index is 685. The third kappa shape index (κ3) is 3.19. The molecule has 2 aromatic rings. The van der Waals surface area contributed by atoms with Crippen LogP contribution in [0.1, 0.15) is 30.0 Å². The van der Waals surface area contributed by atoms with E-state index in [0.717, 1.165) is 12.8 Å². The molecule has 1 aromatic heterocycles. The lowest BCUT2D eigenvalue weighted by molar-refractivity contribution is 0.177. The average Bonchev–Trinajstić information content (AvgIpc) is 3.15. The van der Waals surface area contributed by atoms with E-state index < -0.39 is 0 Å². The lowest BCUT2D eigenvalue weighted by atomic mass is 10.1. The van der Waals surface area contributed by atoms with Crippen LogP contribution in [0, 0.1) is 0 Å². The highest BCUT2D eigenvalue weighted by molar-refractivity contribution is 5.88. The molecule has 1 aliphatic carbocycles. The van der Waals surface area contributed by atoms with E-state index in [9.17, 15) is 4.79 Å². The molecule has 0 radical (unpaired) electrons. The number of aryl methyl sites for hydroxylation is 2. The van der Waals surface area contributed by atoms with Crippen LogP contribution >= 0.6 is 0 Å². The Hall–Kier alpha value is -2.41. The van der Waals surface area contributed by atoms with E-state index in [1.54, 1.807) is 11.9 Å². The number of amides is 2. The quantitative estimate of drug-likeness (QED) is 0.880. The van der Waals surface area contributed by atoms with Crippen LogP contribution in [0.15, 0.2) is 30.6 Å². The standard InChI is InChI=1S/C16H21N5O2/c1-20-15(17-11-18-20)19-16(23)21(9-4-10-22)14-8-7-12-5-2-3-6-13(12)14/h2-3,5-6,11,14,22H,4,7-10H2,1H3,(H,17,18,19,23). The Kier molecular flexibility index (Phi) is 4.57. The molecule has 2 N–H and O–H groups in total. The van der Waals surface area contributed by atoms with Gasteiger partial charge in [0.25, 0.3) is 0 Å². The maximum absolute atomic E-state index is 12.7. The molecular weight excluding hydrogens is 294 g/mol. The second-order valence-corrected chi connectivity index (χ2v) is 5.66. The van der Waals surface area contributed by atoms with Gasteiger partial charge in [-0.05, 0) is 30.4 Å². The van der Waals surface area contributed by atoms with Crippen molar-refractivity contribution >= 4 is 12.0 Å². The molecular formula is C16H21N5O2. The number of aliphatic hydroxyl groups is 1. The van der Waals surface area contributed by atoms with Gasteiger partial charge in [0.15, 0.2) is 0 Å². The molecule has 3 rings (SSSR count). The Morgan fingerprint density at radius 3 is 3.04 bits per heavy atom. The minimum Gasteiger partial charge on any atom is -0.396 e. The van der Waals surface area contributed by atoms with E-state index in [1.165, 1.54) is 22.1 Å². The van der Waals surface area contributed by atoms with Gasteiger partial charge in [0.1, 0.15) is 6.33 Å². The Morgan fingerprint density at radius 2 is 2.30 bits per heavy atom. The van der Waals surface area contributed by atoms with Crippen molar-refractivity contribution in [3.63, 3.8) is 0 Å². The van der Waals surface area contributed by atoms with Crippen molar-refractivity contribution in [2.45, 2.75) is 25.3 Å². The van der Waals surface area contributed by atoms with Crippen molar-refractivity contribution in [1.82, 2.24) is 19.7 Å². The first kappa shape index (κ1) is 15.5. The highest BCUT2D eigenvalue weighted by Gasteiger charge is 2.31. The number of rotatable bonds is 5. The predicted molar refractivity (Wildman–Crippen MR) is 85.9 cm³/mol. The predicted octanol–water partition coefficient (Wildman–Crippen LogP) is 1.72. The smallest absolute Gasteiger partial charge is 0.324 e. The normalized spacial score (nSPS) is 16.2. The Labute approximate surface area is 134 Å². The number of fused-ring (bicyclic) bond motifs is 1. The molecule has 1 atom stereocenters. The van der Waals surface area contributed by atoms with Gasteiger partial charge in [-0.3, -0.25) is 5.32 Å². The summed E-state index contributed by atoms with van der Waals surface area (Å²) in [7, 11) is 1.73. The molecule has 23 heavy (non-hydrogen) atoms. The zero-order valence-electron chi connectivity index (χ0n) is 13.1. The van der Waals surface area contributed by atoms with E-state index in [0.29, 0.717) is 18.9 Å². The van der Waals surface area contributed by atoms with Crippen molar-refractivity contribution in [1.29, 1.82) is 0 Å². The number of nitrogens with one attached hydrogen (secondary N) is 1. The first-order valence-electron chi connectivity index (χ1n) is 7.81. The maximum Gasteiger partial charge on any atom is 0.324 e. The minimum absolute atomic E-state index is 0.0333. The molecule has 1 aliphatic rings. The van der Waals surface area contributed by atoms with Crippen LogP contribution in [0.2, 0.25) is 0 Å². The van der Waals surface area contributed by atoms with Gasteiger partial charge in [0.05, 0.1) is 6.04 Å². The maximum atomic E-state index is 12.7. The molecule has 1 unspecified atom stereocenters. The highest BCUT2D eigenvalue weighted by Crippen LogP contribution is 2.35. The Balaban J connectivity index is 1.81. The third-order valence-electron chi connectivity index (χ3n) is 4.23. The summed E-state index contributed by atoms with van der Waals surface area (Å²) in [6.45, 7) is 0.557. The van der Waals surface area contributed by atoms with E-state index in [4.69, 9.17) is 5.11 Å². The van der Waals surface area contributed by atoms with Crippen molar-refractivity contribution in [2.75, 3.05) is 18.5 Å². The summed E-state index contributed by atoms with van der Waals surface area (Å²) in [6, 6.07) is 8.04. The van der Waals surface area contributed by atoms with Crippen molar-refractivity contribution in [2.24, 2.45) is 7.05 Å². The number of benzene rings is 1. The fourth-order valence-corrected chi connectivity index (χ4v) is 3.08. The summed E-state index contributed by atoms with van der Waals surface area (Å²) in [5.74, 6) is 0.412. The van der Waals surface area contributed by atoms with Crippen LogP contribution in [0.5, 0.6) is 0 Å². The molecule has 1 heterocycles. The lowest BCUT2D eigenvalue weighted by Crippen LogP contribution is -2.39. The number of urea groups is 1. The molecule has 2 amide bonds. The van der Waals surface area contributed by atoms with Gasteiger partial charge < -0.3 is 10.0 Å². The number of aliphatic hydroxyl groups excluding tert-OH is 1. The fraction of sp³-hybridized carbons (Fsp3) is 0.438. The van der Waals surface area contributed by atoms with Crippen LogP contribution in [0.3, 0.4) is 0 Å². The van der Waals surface area contributed by atoms with Crippen LogP contribution in [0.4, 0.5) is 10.7 Å². The average molecular weight is 315 g/mol. The second kappa shape index (κ2) is 6.78. The highest BCUT2D eigenvalue weighted by atomic mass is 16.3. The summed E-state index contributed by atoms with van der Waals surface area (Å²) in [4.78, 5) is 18.5. The fourth-order valence-electron chi connectivity index (χ4n) is 3.08. The zero-order chi connectivity index (χ0) is 16.2. The largest absolute Gasteiger partial charge is 0.396 e. The molecule has 7 nitrogen and oxygen atoms in total. The lowest BCUT2D eigenvalue weighted by Gasteiger charge is -2.29. The van der Waals surface area contributed by atoms with E-state index >= 15 is 0 Å². The molecule has 122 valence electrons. The van der Waals surface area contributed by atoms with E-state index in [2.05, 4.69) is 27.5 Å². The minimum atomic E-state index is -0.212. The molecule has 0 spiro atoms. The first-order valence-corrected chi connectivity index (χ1v) is 7.81. The number of nitrogens with zero attached hydrogens (tertiary/aromatic N) is 4. The van der Waals surface area contributed by atoms with Crippen molar-refractivity contribution < 1.29 is 9.90 Å². The van der Waals surface area contributed by atoms with Gasteiger partial charge in [0, 0.05) is 20.2 Å². The molecule has 0 saturated carbocycles. The van der Waals surface area contributed by atoms with Gasteiger partial charge in [-0.1, -0.05) is 24.3 Å². The summed E-state index contributed by atoms with van der Waals surface area (Å²) < 4.78 is 1.52. The first-order chi connectivity index (χ1) is 11.2. The molecule has 1 aromatic carbocycles. The number of aromatic nitrogens is 3. The monoisotopic (exact) mass is 315 g/mol. The molecule has 0 bridgehead atoms. The van der Waals surface area contributed by atoms with Gasteiger partial charge in [-0.15, -0.1) is 0 Å². The van der Waals surface area contributed by atoms with Gasteiger partial charge in [0.2, 0.25) is 5.95 Å². The zero-order valence-corrected chi connectivity index (χ0v) is 13.1. The molecule has 0 saturated heterocycles. The molecule has 7 heteroatoms. The van der Waals surface area contributed by atoms with Crippen LogP contribution in [-0.2, 0) is 13.5 Å².